The van der Waals surface area contributed by atoms with Gasteiger partial charge in [0.25, 0.3) is 0 Å². The summed E-state index contributed by atoms with van der Waals surface area (Å²) in [5.41, 5.74) is 1.20. The van der Waals surface area contributed by atoms with Gasteiger partial charge in [-0.05, 0) is 45.4 Å². The molecule has 2 rings (SSSR count). The standard InChI is InChI=1S/C15H26N2S/c1-9-7-6-8-10(2)14(9)17-12(4)15-11(3)16-13(5)18-15/h9-10,12,14,17H,6-8H2,1-5H3. The van der Waals surface area contributed by atoms with E-state index in [0.717, 1.165) is 11.8 Å². The van der Waals surface area contributed by atoms with Crippen molar-refractivity contribution in [3.05, 3.63) is 15.6 Å². The second-order valence-corrected chi connectivity index (χ2v) is 7.22. The van der Waals surface area contributed by atoms with Gasteiger partial charge >= 0.3 is 0 Å². The van der Waals surface area contributed by atoms with Crippen LogP contribution in [0.3, 0.4) is 0 Å². The molecule has 0 aliphatic heterocycles. The molecule has 3 heteroatoms. The summed E-state index contributed by atoms with van der Waals surface area (Å²) in [4.78, 5) is 5.96. The predicted molar refractivity (Wildman–Crippen MR) is 79.1 cm³/mol. The number of aromatic nitrogens is 1. The molecule has 1 aromatic rings. The third-order valence-corrected chi connectivity index (χ3v) is 5.58. The van der Waals surface area contributed by atoms with E-state index < -0.39 is 0 Å². The predicted octanol–water partition coefficient (Wildman–Crippen LogP) is 4.24. The summed E-state index contributed by atoms with van der Waals surface area (Å²) in [6.07, 6.45) is 4.14. The summed E-state index contributed by atoms with van der Waals surface area (Å²) in [5, 5.41) is 5.04. The first-order valence-electron chi connectivity index (χ1n) is 7.19. The average molecular weight is 266 g/mol. The van der Waals surface area contributed by atoms with Crippen molar-refractivity contribution in [2.75, 3.05) is 0 Å². The monoisotopic (exact) mass is 266 g/mol. The average Bonchev–Trinajstić information content (AvgIpc) is 2.63. The second kappa shape index (κ2) is 5.70. The highest BCUT2D eigenvalue weighted by Gasteiger charge is 2.29. The molecule has 0 bridgehead atoms. The van der Waals surface area contributed by atoms with Crippen LogP contribution in [0.5, 0.6) is 0 Å². The molecule has 1 heterocycles. The molecule has 0 radical (unpaired) electrons. The number of hydrogen-bond donors (Lipinski definition) is 1. The molecule has 0 aromatic carbocycles. The highest BCUT2D eigenvalue weighted by atomic mass is 32.1. The van der Waals surface area contributed by atoms with Crippen LogP contribution in [0.1, 0.15) is 61.7 Å². The minimum absolute atomic E-state index is 0.434. The van der Waals surface area contributed by atoms with Crippen molar-refractivity contribution in [2.24, 2.45) is 11.8 Å². The van der Waals surface area contributed by atoms with Crippen LogP contribution in [0.15, 0.2) is 0 Å². The van der Waals surface area contributed by atoms with E-state index in [1.807, 2.05) is 11.3 Å². The molecule has 1 fully saturated rings. The Hall–Kier alpha value is -0.410. The Morgan fingerprint density at radius 1 is 1.22 bits per heavy atom. The summed E-state index contributed by atoms with van der Waals surface area (Å²) in [5.74, 6) is 1.59. The summed E-state index contributed by atoms with van der Waals surface area (Å²) in [6.45, 7) is 11.3. The molecule has 2 nitrogen and oxygen atoms in total. The molecule has 1 N–H and O–H groups in total. The Labute approximate surface area is 115 Å². The Kier molecular flexibility index (Phi) is 4.44. The van der Waals surface area contributed by atoms with Crippen molar-refractivity contribution < 1.29 is 0 Å². The van der Waals surface area contributed by atoms with Gasteiger partial charge < -0.3 is 5.32 Å². The fourth-order valence-corrected chi connectivity index (χ4v) is 4.26. The molecule has 0 spiro atoms. The van der Waals surface area contributed by atoms with E-state index in [1.54, 1.807) is 0 Å². The summed E-state index contributed by atoms with van der Waals surface area (Å²) >= 11 is 1.84. The molecule has 1 saturated carbocycles. The van der Waals surface area contributed by atoms with Crippen molar-refractivity contribution in [1.82, 2.24) is 10.3 Å². The highest BCUT2D eigenvalue weighted by molar-refractivity contribution is 7.11. The van der Waals surface area contributed by atoms with Gasteiger partial charge in [0.2, 0.25) is 0 Å². The molecule has 1 aliphatic rings. The Balaban J connectivity index is 2.06. The fraction of sp³-hybridized carbons (Fsp3) is 0.800. The van der Waals surface area contributed by atoms with E-state index in [9.17, 15) is 0 Å². The number of thiazole rings is 1. The first kappa shape index (κ1) is 14.0. The van der Waals surface area contributed by atoms with Crippen LogP contribution < -0.4 is 5.32 Å². The van der Waals surface area contributed by atoms with Gasteiger partial charge in [0.15, 0.2) is 0 Å². The van der Waals surface area contributed by atoms with Crippen molar-refractivity contribution in [3.8, 4) is 0 Å². The smallest absolute Gasteiger partial charge is 0.0900 e. The summed E-state index contributed by atoms with van der Waals surface area (Å²) in [6, 6.07) is 1.10. The van der Waals surface area contributed by atoms with Gasteiger partial charge in [0.05, 0.1) is 10.7 Å². The van der Waals surface area contributed by atoms with Gasteiger partial charge in [-0.15, -0.1) is 11.3 Å². The Morgan fingerprint density at radius 3 is 2.33 bits per heavy atom. The van der Waals surface area contributed by atoms with Crippen molar-refractivity contribution in [3.63, 3.8) is 0 Å². The quantitative estimate of drug-likeness (QED) is 0.885. The lowest BCUT2D eigenvalue weighted by Crippen LogP contribution is -2.43. The molecule has 1 aromatic heterocycles. The van der Waals surface area contributed by atoms with Gasteiger partial charge in [-0.1, -0.05) is 20.3 Å². The maximum Gasteiger partial charge on any atom is 0.0900 e. The molecule has 3 atom stereocenters. The number of rotatable bonds is 3. The van der Waals surface area contributed by atoms with E-state index in [4.69, 9.17) is 0 Å². The first-order chi connectivity index (χ1) is 8.49. The third-order valence-electron chi connectivity index (χ3n) is 4.32. The number of hydrogen-bond acceptors (Lipinski definition) is 3. The summed E-state index contributed by atoms with van der Waals surface area (Å²) in [7, 11) is 0. The van der Waals surface area contributed by atoms with E-state index in [1.165, 1.54) is 34.8 Å². The van der Waals surface area contributed by atoms with Crippen LogP contribution in [0.4, 0.5) is 0 Å². The number of nitrogens with zero attached hydrogens (tertiary/aromatic N) is 1. The molecule has 1 aliphatic carbocycles. The van der Waals surface area contributed by atoms with E-state index in [0.29, 0.717) is 12.1 Å². The normalized spacial score (nSPS) is 30.4. The zero-order chi connectivity index (χ0) is 13.3. The van der Waals surface area contributed by atoms with Gasteiger partial charge in [0, 0.05) is 17.0 Å². The largest absolute Gasteiger partial charge is 0.306 e. The van der Waals surface area contributed by atoms with Gasteiger partial charge in [-0.25, -0.2) is 4.98 Å². The van der Waals surface area contributed by atoms with E-state index >= 15 is 0 Å². The fourth-order valence-electron chi connectivity index (χ4n) is 3.32. The van der Waals surface area contributed by atoms with Crippen LogP contribution in [0.25, 0.3) is 0 Å². The zero-order valence-corrected chi connectivity index (χ0v) is 13.1. The van der Waals surface area contributed by atoms with Gasteiger partial charge in [0.1, 0.15) is 0 Å². The summed E-state index contributed by atoms with van der Waals surface area (Å²) < 4.78 is 0. The van der Waals surface area contributed by atoms with Crippen LogP contribution in [0.2, 0.25) is 0 Å². The van der Waals surface area contributed by atoms with Crippen molar-refractivity contribution in [1.29, 1.82) is 0 Å². The number of nitrogens with one attached hydrogen (secondary N) is 1. The lowest BCUT2D eigenvalue weighted by molar-refractivity contribution is 0.196. The maximum atomic E-state index is 4.54. The molecular formula is C15H26N2S. The molecule has 102 valence electrons. The van der Waals surface area contributed by atoms with Crippen LogP contribution >= 0.6 is 11.3 Å². The Morgan fingerprint density at radius 2 is 1.83 bits per heavy atom. The van der Waals surface area contributed by atoms with E-state index in [2.05, 4.69) is 44.9 Å². The SMILES string of the molecule is Cc1nc(C)c(C(C)NC2C(C)CCCC2C)s1. The lowest BCUT2D eigenvalue weighted by Gasteiger charge is -2.37. The molecule has 3 unspecified atom stereocenters. The topological polar surface area (TPSA) is 24.9 Å². The zero-order valence-electron chi connectivity index (χ0n) is 12.3. The first-order valence-corrected chi connectivity index (χ1v) is 8.00. The van der Waals surface area contributed by atoms with Gasteiger partial charge in [-0.3, -0.25) is 0 Å². The van der Waals surface area contributed by atoms with Gasteiger partial charge in [-0.2, -0.15) is 0 Å². The highest BCUT2D eigenvalue weighted by Crippen LogP contribution is 2.32. The lowest BCUT2D eigenvalue weighted by atomic mass is 9.78. The van der Waals surface area contributed by atoms with E-state index in [-0.39, 0.29) is 0 Å². The van der Waals surface area contributed by atoms with Crippen LogP contribution in [0, 0.1) is 25.7 Å². The minimum atomic E-state index is 0.434. The molecule has 0 amide bonds. The van der Waals surface area contributed by atoms with Crippen LogP contribution in [-0.4, -0.2) is 11.0 Å². The van der Waals surface area contributed by atoms with Crippen molar-refractivity contribution >= 4 is 11.3 Å². The molecule has 18 heavy (non-hydrogen) atoms. The molecular weight excluding hydrogens is 240 g/mol. The third kappa shape index (κ3) is 2.94. The Bertz CT molecular complexity index is 389. The minimum Gasteiger partial charge on any atom is -0.306 e. The molecule has 0 saturated heterocycles. The van der Waals surface area contributed by atoms with Crippen molar-refractivity contribution in [2.45, 2.75) is 66.0 Å². The number of aryl methyl sites for hydroxylation is 2. The maximum absolute atomic E-state index is 4.54. The van der Waals surface area contributed by atoms with Crippen LogP contribution in [-0.2, 0) is 0 Å². The second-order valence-electron chi connectivity index (χ2n) is 5.98.